The number of nitrogens with zero attached hydrogens (tertiary/aromatic N) is 1. The third kappa shape index (κ3) is 4.31. The van der Waals surface area contributed by atoms with Gasteiger partial charge in [-0.3, -0.25) is 0 Å². The predicted octanol–water partition coefficient (Wildman–Crippen LogP) is 4.42. The van der Waals surface area contributed by atoms with Crippen LogP contribution in [-0.4, -0.2) is 11.0 Å². The molecule has 0 fully saturated rings. The molecule has 0 bridgehead atoms. The summed E-state index contributed by atoms with van der Waals surface area (Å²) in [5.74, 6) is -0.0234. The first-order valence-electron chi connectivity index (χ1n) is 6.26. The van der Waals surface area contributed by atoms with Gasteiger partial charge in [-0.15, -0.1) is 0 Å². The van der Waals surface area contributed by atoms with E-state index in [9.17, 15) is 4.39 Å². The van der Waals surface area contributed by atoms with Gasteiger partial charge in [-0.2, -0.15) is 0 Å². The summed E-state index contributed by atoms with van der Waals surface area (Å²) in [7, 11) is 0. The van der Waals surface area contributed by atoms with Crippen LogP contribution in [0.4, 0.5) is 10.2 Å². The molecule has 1 atom stereocenters. The second-order valence-electron chi connectivity index (χ2n) is 4.55. The summed E-state index contributed by atoms with van der Waals surface area (Å²) in [5, 5.41) is 3.10. The molecule has 0 spiro atoms. The smallest absolute Gasteiger partial charge is 0.166 e. The molecular weight excluding hydrogens is 307 g/mol. The van der Waals surface area contributed by atoms with Crippen molar-refractivity contribution in [1.82, 2.24) is 4.98 Å². The van der Waals surface area contributed by atoms with Crippen molar-refractivity contribution in [2.75, 3.05) is 5.32 Å². The second kappa shape index (κ2) is 6.66. The lowest BCUT2D eigenvalue weighted by Gasteiger charge is -2.15. The van der Waals surface area contributed by atoms with E-state index in [2.05, 4.69) is 38.4 Å². The first-order valence-corrected chi connectivity index (χ1v) is 7.06. The summed E-state index contributed by atoms with van der Waals surface area (Å²) in [4.78, 5) is 4.04. The number of pyridine rings is 1. The summed E-state index contributed by atoms with van der Waals surface area (Å²) < 4.78 is 14.3. The highest BCUT2D eigenvalue weighted by Gasteiger charge is 2.08. The maximum Gasteiger partial charge on any atom is 0.166 e. The van der Waals surface area contributed by atoms with Gasteiger partial charge in [-0.05, 0) is 47.3 Å². The normalized spacial score (nSPS) is 12.2. The van der Waals surface area contributed by atoms with E-state index in [-0.39, 0.29) is 11.9 Å². The van der Waals surface area contributed by atoms with Crippen molar-refractivity contribution in [3.63, 3.8) is 0 Å². The van der Waals surface area contributed by atoms with Crippen molar-refractivity contribution in [3.8, 4) is 0 Å². The van der Waals surface area contributed by atoms with Gasteiger partial charge in [0, 0.05) is 16.7 Å². The number of aromatic nitrogens is 1. The number of benzene rings is 1. The van der Waals surface area contributed by atoms with Crippen LogP contribution in [0.15, 0.2) is 47.1 Å². The Hall–Kier alpha value is -1.42. The van der Waals surface area contributed by atoms with Gasteiger partial charge >= 0.3 is 0 Å². The largest absolute Gasteiger partial charge is 0.365 e. The Morgan fingerprint density at radius 1 is 1.32 bits per heavy atom. The summed E-state index contributed by atoms with van der Waals surface area (Å²) in [6, 6.07) is 11.9. The maximum absolute atomic E-state index is 13.6. The Labute approximate surface area is 121 Å². The van der Waals surface area contributed by atoms with Crippen LogP contribution in [0.25, 0.3) is 0 Å². The van der Waals surface area contributed by atoms with Gasteiger partial charge in [0.25, 0.3) is 0 Å². The highest BCUT2D eigenvalue weighted by Crippen LogP contribution is 2.17. The number of hydrogen-bond donors (Lipinski definition) is 1. The van der Waals surface area contributed by atoms with Gasteiger partial charge in [0.2, 0.25) is 0 Å². The molecule has 1 unspecified atom stereocenters. The SMILES string of the molecule is CC(CCc1ccccc1)Nc1ncc(Br)cc1F. The molecule has 0 saturated heterocycles. The molecule has 1 N–H and O–H groups in total. The van der Waals surface area contributed by atoms with Crippen LogP contribution < -0.4 is 5.32 Å². The van der Waals surface area contributed by atoms with Crippen LogP contribution in [0, 0.1) is 5.82 Å². The first-order chi connectivity index (χ1) is 9.15. The predicted molar refractivity (Wildman–Crippen MR) is 79.7 cm³/mol. The van der Waals surface area contributed by atoms with Crippen LogP contribution in [0.3, 0.4) is 0 Å². The maximum atomic E-state index is 13.6. The van der Waals surface area contributed by atoms with Gasteiger partial charge in [-0.1, -0.05) is 30.3 Å². The second-order valence-corrected chi connectivity index (χ2v) is 5.47. The van der Waals surface area contributed by atoms with Crippen LogP contribution in [0.1, 0.15) is 18.9 Å². The molecule has 2 nitrogen and oxygen atoms in total. The van der Waals surface area contributed by atoms with Gasteiger partial charge < -0.3 is 5.32 Å². The summed E-state index contributed by atoms with van der Waals surface area (Å²) in [6.45, 7) is 2.03. The molecule has 19 heavy (non-hydrogen) atoms. The highest BCUT2D eigenvalue weighted by atomic mass is 79.9. The zero-order chi connectivity index (χ0) is 13.7. The van der Waals surface area contributed by atoms with Crippen molar-refractivity contribution < 1.29 is 4.39 Å². The Morgan fingerprint density at radius 3 is 2.74 bits per heavy atom. The topological polar surface area (TPSA) is 24.9 Å². The zero-order valence-corrected chi connectivity index (χ0v) is 12.3. The molecule has 0 aliphatic carbocycles. The summed E-state index contributed by atoms with van der Waals surface area (Å²) >= 11 is 3.19. The number of anilines is 1. The van der Waals surface area contributed by atoms with Gasteiger partial charge in [-0.25, -0.2) is 9.37 Å². The highest BCUT2D eigenvalue weighted by molar-refractivity contribution is 9.10. The Morgan fingerprint density at radius 2 is 2.05 bits per heavy atom. The molecule has 1 aromatic carbocycles. The third-order valence-electron chi connectivity index (χ3n) is 2.90. The lowest BCUT2D eigenvalue weighted by molar-refractivity contribution is 0.614. The fraction of sp³-hybridized carbons (Fsp3) is 0.267. The molecular formula is C15H16BrFN2. The minimum absolute atomic E-state index is 0.170. The van der Waals surface area contributed by atoms with Crippen molar-refractivity contribution in [2.45, 2.75) is 25.8 Å². The molecule has 0 aliphatic heterocycles. The molecule has 2 rings (SSSR count). The van der Waals surface area contributed by atoms with Gasteiger partial charge in [0.15, 0.2) is 11.6 Å². The van der Waals surface area contributed by atoms with E-state index in [1.807, 2.05) is 25.1 Å². The molecule has 1 heterocycles. The first kappa shape index (κ1) is 14.0. The molecule has 4 heteroatoms. The standard InChI is InChI=1S/C15H16BrFN2/c1-11(7-8-12-5-3-2-4-6-12)19-15-14(17)9-13(16)10-18-15/h2-6,9-11H,7-8H2,1H3,(H,18,19). The molecule has 0 aliphatic rings. The monoisotopic (exact) mass is 322 g/mol. The average Bonchev–Trinajstić information content (AvgIpc) is 2.41. The van der Waals surface area contributed by atoms with Crippen molar-refractivity contribution in [2.24, 2.45) is 0 Å². The molecule has 0 saturated carbocycles. The van der Waals surface area contributed by atoms with E-state index in [1.165, 1.54) is 11.6 Å². The molecule has 100 valence electrons. The van der Waals surface area contributed by atoms with Crippen LogP contribution in [0.2, 0.25) is 0 Å². The van der Waals surface area contributed by atoms with E-state index < -0.39 is 0 Å². The van der Waals surface area contributed by atoms with Crippen molar-refractivity contribution in [1.29, 1.82) is 0 Å². The third-order valence-corrected chi connectivity index (χ3v) is 3.33. The molecule has 0 amide bonds. The summed E-state index contributed by atoms with van der Waals surface area (Å²) in [5.41, 5.74) is 1.29. The quantitative estimate of drug-likeness (QED) is 0.881. The number of hydrogen-bond acceptors (Lipinski definition) is 2. The van der Waals surface area contributed by atoms with Crippen LogP contribution in [-0.2, 0) is 6.42 Å². The molecule has 0 radical (unpaired) electrons. The lowest BCUT2D eigenvalue weighted by Crippen LogP contribution is -2.17. The minimum Gasteiger partial charge on any atom is -0.365 e. The van der Waals surface area contributed by atoms with Crippen molar-refractivity contribution >= 4 is 21.7 Å². The van der Waals surface area contributed by atoms with E-state index in [0.717, 1.165) is 12.8 Å². The van der Waals surface area contributed by atoms with E-state index in [4.69, 9.17) is 0 Å². The average molecular weight is 323 g/mol. The fourth-order valence-corrected chi connectivity index (χ4v) is 2.16. The number of halogens is 2. The Kier molecular flexibility index (Phi) is 4.91. The number of aryl methyl sites for hydroxylation is 1. The van der Waals surface area contributed by atoms with E-state index in [0.29, 0.717) is 10.3 Å². The number of rotatable bonds is 5. The Bertz CT molecular complexity index is 531. The van der Waals surface area contributed by atoms with E-state index >= 15 is 0 Å². The van der Waals surface area contributed by atoms with E-state index in [1.54, 1.807) is 6.20 Å². The molecule has 1 aromatic heterocycles. The zero-order valence-electron chi connectivity index (χ0n) is 10.7. The lowest BCUT2D eigenvalue weighted by atomic mass is 10.1. The van der Waals surface area contributed by atoms with Crippen LogP contribution >= 0.6 is 15.9 Å². The van der Waals surface area contributed by atoms with Crippen LogP contribution in [0.5, 0.6) is 0 Å². The van der Waals surface area contributed by atoms with Gasteiger partial charge in [0.05, 0.1) is 0 Å². The minimum atomic E-state index is -0.332. The van der Waals surface area contributed by atoms with Crippen molar-refractivity contribution in [3.05, 3.63) is 58.4 Å². The number of nitrogens with one attached hydrogen (secondary N) is 1. The Balaban J connectivity index is 1.89. The molecule has 2 aromatic rings. The fourth-order valence-electron chi connectivity index (χ4n) is 1.85. The summed E-state index contributed by atoms with van der Waals surface area (Å²) in [6.07, 6.45) is 3.49. The van der Waals surface area contributed by atoms with Gasteiger partial charge in [0.1, 0.15) is 0 Å².